The second kappa shape index (κ2) is 10.3. The smallest absolute Gasteiger partial charge is 0.229 e. The molecule has 0 unspecified atom stereocenters. The molecule has 1 fully saturated rings. The van der Waals surface area contributed by atoms with Crippen LogP contribution in [0, 0.1) is 13.8 Å². The number of thiocarbonyl (C=S) groups is 1. The molecule has 2 atom stereocenters. The predicted octanol–water partition coefficient (Wildman–Crippen LogP) is 5.10. The third-order valence-corrected chi connectivity index (χ3v) is 7.88. The minimum Gasteiger partial charge on any atom is -0.378 e. The maximum atomic E-state index is 11.7. The molecule has 1 aliphatic rings. The standard InChI is InChI=1S/C29H32N6O2S2/c1-19-18-25(20(2)34(19)23-15-13-22(14-16-23)33(3)4)28-27(26-8-6-7-17-30-26)31-29(38)35(28)24-11-9-21(10-12-24)32-39(5,36)37/h6-18,27-28,32H,1-5H3,(H,31,38)/t27-,28-/m1/s1. The van der Waals surface area contributed by atoms with Crippen molar-refractivity contribution >= 4 is 44.4 Å². The number of aromatic nitrogens is 2. The van der Waals surface area contributed by atoms with E-state index in [1.54, 1.807) is 18.3 Å². The maximum Gasteiger partial charge on any atom is 0.229 e. The Hall–Kier alpha value is -3.89. The Balaban J connectivity index is 1.60. The van der Waals surface area contributed by atoms with E-state index in [-0.39, 0.29) is 12.1 Å². The fraction of sp³-hybridized carbons (Fsp3) is 0.241. The van der Waals surface area contributed by atoms with Gasteiger partial charge in [-0.15, -0.1) is 0 Å². The topological polar surface area (TPSA) is 82.5 Å². The lowest BCUT2D eigenvalue weighted by Gasteiger charge is -2.28. The number of anilines is 3. The van der Waals surface area contributed by atoms with Gasteiger partial charge >= 0.3 is 0 Å². The van der Waals surface area contributed by atoms with Crippen LogP contribution in [0.25, 0.3) is 5.69 Å². The summed E-state index contributed by atoms with van der Waals surface area (Å²) in [5.74, 6) is 0. The Morgan fingerprint density at radius 3 is 2.23 bits per heavy atom. The van der Waals surface area contributed by atoms with Crippen LogP contribution < -0.4 is 19.8 Å². The molecular weight excluding hydrogens is 528 g/mol. The highest BCUT2D eigenvalue weighted by molar-refractivity contribution is 7.92. The van der Waals surface area contributed by atoms with Crippen LogP contribution in [0.5, 0.6) is 0 Å². The van der Waals surface area contributed by atoms with Crippen LogP contribution in [-0.2, 0) is 10.0 Å². The van der Waals surface area contributed by atoms with Gasteiger partial charge in [0.05, 0.1) is 24.0 Å². The molecule has 8 nitrogen and oxygen atoms in total. The fourth-order valence-electron chi connectivity index (χ4n) is 5.24. The SMILES string of the molecule is Cc1cc([C@@H]2[C@@H](c3ccccn3)NC(=S)N2c2ccc(NS(C)(=O)=O)cc2)c(C)n1-c1ccc(N(C)C)cc1. The molecular formula is C29H32N6O2S2. The molecule has 0 spiro atoms. The first-order valence-electron chi connectivity index (χ1n) is 12.6. The van der Waals surface area contributed by atoms with Crippen LogP contribution in [0.2, 0.25) is 0 Å². The van der Waals surface area contributed by atoms with Crippen molar-refractivity contribution in [1.82, 2.24) is 14.9 Å². The monoisotopic (exact) mass is 560 g/mol. The maximum absolute atomic E-state index is 11.7. The predicted molar refractivity (Wildman–Crippen MR) is 162 cm³/mol. The summed E-state index contributed by atoms with van der Waals surface area (Å²) in [6.07, 6.45) is 2.93. The highest BCUT2D eigenvalue weighted by Crippen LogP contribution is 2.44. The normalized spacial score (nSPS) is 17.3. The summed E-state index contributed by atoms with van der Waals surface area (Å²) in [4.78, 5) is 8.84. The Morgan fingerprint density at radius 2 is 1.64 bits per heavy atom. The van der Waals surface area contributed by atoms with Crippen molar-refractivity contribution < 1.29 is 8.42 Å². The van der Waals surface area contributed by atoms with Gasteiger partial charge in [0.1, 0.15) is 0 Å². The average Bonchev–Trinajstić information content (AvgIpc) is 3.39. The molecule has 1 saturated heterocycles. The second-order valence-corrected chi connectivity index (χ2v) is 12.1. The van der Waals surface area contributed by atoms with E-state index >= 15 is 0 Å². The number of aryl methyl sites for hydroxylation is 1. The van der Waals surface area contributed by atoms with Gasteiger partial charge in [0, 0.05) is 54.4 Å². The van der Waals surface area contributed by atoms with Gasteiger partial charge in [-0.25, -0.2) is 8.42 Å². The van der Waals surface area contributed by atoms with E-state index in [1.165, 1.54) is 0 Å². The van der Waals surface area contributed by atoms with E-state index in [1.807, 2.05) is 44.4 Å². The molecule has 0 bridgehead atoms. The first kappa shape index (κ1) is 26.7. The Kier molecular flexibility index (Phi) is 7.09. The summed E-state index contributed by atoms with van der Waals surface area (Å²) in [6, 6.07) is 23.5. The zero-order chi connectivity index (χ0) is 27.9. The van der Waals surface area contributed by atoms with Gasteiger partial charge in [-0.2, -0.15) is 0 Å². The number of benzene rings is 2. The molecule has 3 heterocycles. The van der Waals surface area contributed by atoms with E-state index in [9.17, 15) is 8.42 Å². The van der Waals surface area contributed by atoms with Gasteiger partial charge < -0.3 is 19.7 Å². The number of pyridine rings is 1. The van der Waals surface area contributed by atoms with Crippen molar-refractivity contribution in [2.24, 2.45) is 0 Å². The van der Waals surface area contributed by atoms with E-state index < -0.39 is 10.0 Å². The molecule has 39 heavy (non-hydrogen) atoms. The summed E-state index contributed by atoms with van der Waals surface area (Å²) in [5, 5.41) is 4.09. The van der Waals surface area contributed by atoms with Gasteiger partial charge in [0.2, 0.25) is 10.0 Å². The van der Waals surface area contributed by atoms with E-state index in [0.717, 1.165) is 46.0 Å². The average molecular weight is 561 g/mol. The molecule has 2 N–H and O–H groups in total. The summed E-state index contributed by atoms with van der Waals surface area (Å²) in [6.45, 7) is 4.25. The summed E-state index contributed by atoms with van der Waals surface area (Å²) < 4.78 is 28.2. The number of nitrogens with zero attached hydrogens (tertiary/aromatic N) is 4. The largest absolute Gasteiger partial charge is 0.378 e. The van der Waals surface area contributed by atoms with Gasteiger partial charge in [-0.3, -0.25) is 9.71 Å². The van der Waals surface area contributed by atoms with E-state index in [2.05, 4.69) is 73.6 Å². The molecule has 0 aliphatic carbocycles. The molecule has 2 aromatic carbocycles. The quantitative estimate of drug-likeness (QED) is 0.304. The van der Waals surface area contributed by atoms with Crippen molar-refractivity contribution in [3.63, 3.8) is 0 Å². The van der Waals surface area contributed by atoms with Crippen molar-refractivity contribution in [3.05, 3.63) is 102 Å². The van der Waals surface area contributed by atoms with Gasteiger partial charge in [-0.05, 0) is 98.4 Å². The van der Waals surface area contributed by atoms with Crippen molar-refractivity contribution in [2.45, 2.75) is 25.9 Å². The lowest BCUT2D eigenvalue weighted by Crippen LogP contribution is -2.29. The molecule has 4 aromatic rings. The van der Waals surface area contributed by atoms with Crippen molar-refractivity contribution in [3.8, 4) is 5.69 Å². The second-order valence-electron chi connectivity index (χ2n) is 9.99. The van der Waals surface area contributed by atoms with Crippen LogP contribution >= 0.6 is 12.2 Å². The Labute approximate surface area is 235 Å². The molecule has 1 aliphatic heterocycles. The van der Waals surface area contributed by atoms with Crippen molar-refractivity contribution in [2.75, 3.05) is 34.9 Å². The Bertz CT molecular complexity index is 1600. The van der Waals surface area contributed by atoms with Crippen LogP contribution in [0.3, 0.4) is 0 Å². The number of hydrogen-bond acceptors (Lipinski definition) is 5. The highest BCUT2D eigenvalue weighted by Gasteiger charge is 2.42. The zero-order valence-corrected chi connectivity index (χ0v) is 24.2. The van der Waals surface area contributed by atoms with Gasteiger partial charge in [0.25, 0.3) is 0 Å². The molecule has 5 rings (SSSR count). The van der Waals surface area contributed by atoms with E-state index in [0.29, 0.717) is 10.8 Å². The first-order valence-corrected chi connectivity index (χ1v) is 14.9. The number of hydrogen-bond donors (Lipinski definition) is 2. The number of sulfonamides is 1. The molecule has 10 heteroatoms. The summed E-state index contributed by atoms with van der Waals surface area (Å²) in [7, 11) is 0.691. The summed E-state index contributed by atoms with van der Waals surface area (Å²) in [5.41, 5.74) is 7.84. The lowest BCUT2D eigenvalue weighted by molar-refractivity contribution is 0.565. The molecule has 202 valence electrons. The molecule has 2 aromatic heterocycles. The van der Waals surface area contributed by atoms with Crippen LogP contribution in [0.4, 0.5) is 17.1 Å². The first-order chi connectivity index (χ1) is 18.5. The highest BCUT2D eigenvalue weighted by atomic mass is 32.2. The molecule has 0 radical (unpaired) electrons. The molecule has 0 saturated carbocycles. The minimum absolute atomic E-state index is 0.179. The van der Waals surface area contributed by atoms with Crippen LogP contribution in [0.1, 0.15) is 34.7 Å². The van der Waals surface area contributed by atoms with Crippen LogP contribution in [-0.4, -0.2) is 43.4 Å². The van der Waals surface area contributed by atoms with Gasteiger partial charge in [0.15, 0.2) is 5.11 Å². The third kappa shape index (κ3) is 5.35. The lowest BCUT2D eigenvalue weighted by atomic mass is 9.96. The number of nitrogens with one attached hydrogen (secondary N) is 2. The van der Waals surface area contributed by atoms with Crippen molar-refractivity contribution in [1.29, 1.82) is 0 Å². The fourth-order valence-corrected chi connectivity index (χ4v) is 6.15. The zero-order valence-electron chi connectivity index (χ0n) is 22.6. The van der Waals surface area contributed by atoms with Crippen LogP contribution in [0.15, 0.2) is 79.0 Å². The summed E-state index contributed by atoms with van der Waals surface area (Å²) >= 11 is 5.88. The Morgan fingerprint density at radius 1 is 0.974 bits per heavy atom. The third-order valence-electron chi connectivity index (χ3n) is 6.96. The molecule has 0 amide bonds. The minimum atomic E-state index is -3.38. The van der Waals surface area contributed by atoms with Gasteiger partial charge in [-0.1, -0.05) is 6.07 Å². The number of rotatable bonds is 7. The van der Waals surface area contributed by atoms with E-state index in [4.69, 9.17) is 12.2 Å².